The Bertz CT molecular complexity index is 765. The summed E-state index contributed by atoms with van der Waals surface area (Å²) in [6, 6.07) is 4.74. The third-order valence-electron chi connectivity index (χ3n) is 6.12. The summed E-state index contributed by atoms with van der Waals surface area (Å²) in [5, 5.41) is 0. The van der Waals surface area contributed by atoms with E-state index in [1.807, 2.05) is 13.9 Å². The van der Waals surface area contributed by atoms with Gasteiger partial charge in [0.15, 0.2) is 0 Å². The molecular weight excluding hydrogens is 382 g/mol. The second kappa shape index (κ2) is 14.0. The van der Waals surface area contributed by atoms with Gasteiger partial charge in [-0.3, -0.25) is 4.90 Å². The van der Waals surface area contributed by atoms with Crippen LogP contribution in [0.5, 0.6) is 5.75 Å². The molecule has 174 valence electrons. The Kier molecular flexibility index (Phi) is 13.1. The Morgan fingerprint density at radius 1 is 0.968 bits per heavy atom. The summed E-state index contributed by atoms with van der Waals surface area (Å²) in [5.41, 5.74) is 8.83. The van der Waals surface area contributed by atoms with E-state index in [1.165, 1.54) is 66.4 Å². The van der Waals surface area contributed by atoms with Crippen LogP contribution in [0.4, 0.5) is 0 Å². The number of allylic oxidation sites excluding steroid dienone is 3. The van der Waals surface area contributed by atoms with Crippen LogP contribution in [0, 0.1) is 0 Å². The smallest absolute Gasteiger partial charge is 0.126 e. The Labute approximate surface area is 191 Å². The van der Waals surface area contributed by atoms with Crippen molar-refractivity contribution in [1.82, 2.24) is 4.90 Å². The van der Waals surface area contributed by atoms with Gasteiger partial charge in [-0.2, -0.15) is 0 Å². The molecule has 3 nitrogen and oxygen atoms in total. The number of rotatable bonds is 3. The monoisotopic (exact) mass is 427 g/mol. The average molecular weight is 428 g/mol. The fourth-order valence-corrected chi connectivity index (χ4v) is 4.80. The van der Waals surface area contributed by atoms with E-state index in [0.717, 1.165) is 38.2 Å². The van der Waals surface area contributed by atoms with Crippen molar-refractivity contribution in [2.24, 2.45) is 0 Å². The Morgan fingerprint density at radius 3 is 2.29 bits per heavy atom. The third-order valence-corrected chi connectivity index (χ3v) is 6.12. The maximum atomic E-state index is 8.00. The summed E-state index contributed by atoms with van der Waals surface area (Å²) >= 11 is 0. The number of methoxy groups -OCH3 is 1. The molecule has 0 saturated heterocycles. The number of carbonyl (C=O) groups excluding carboxylic acids is 1. The number of aryl methyl sites for hydroxylation is 1. The number of ether oxygens (including phenoxy) is 1. The van der Waals surface area contributed by atoms with Crippen LogP contribution in [0.2, 0.25) is 0 Å². The maximum absolute atomic E-state index is 8.00. The van der Waals surface area contributed by atoms with Gasteiger partial charge in [-0.15, -0.1) is 0 Å². The molecule has 0 saturated carbocycles. The van der Waals surface area contributed by atoms with Crippen LogP contribution in [0.15, 0.2) is 42.0 Å². The summed E-state index contributed by atoms with van der Waals surface area (Å²) in [6.45, 7) is 9.66. The fourth-order valence-electron chi connectivity index (χ4n) is 4.80. The van der Waals surface area contributed by atoms with Crippen molar-refractivity contribution in [3.8, 4) is 5.75 Å². The number of fused-ring (bicyclic) bond motifs is 2. The lowest BCUT2D eigenvalue weighted by atomic mass is 9.81. The van der Waals surface area contributed by atoms with Crippen LogP contribution >= 0.6 is 0 Å². The molecule has 0 unspecified atom stereocenters. The predicted molar refractivity (Wildman–Crippen MR) is 137 cm³/mol. The lowest BCUT2D eigenvalue weighted by molar-refractivity contribution is -0.0979. The van der Waals surface area contributed by atoms with Gasteiger partial charge in [-0.1, -0.05) is 58.2 Å². The first kappa shape index (κ1) is 28.9. The fraction of sp³-hybridized carbons (Fsp3) is 0.536. The molecule has 0 fully saturated rings. The number of hydrogen-bond acceptors (Lipinski definition) is 3. The molecule has 3 aliphatic rings. The van der Waals surface area contributed by atoms with Crippen LogP contribution in [0.1, 0.15) is 83.9 Å². The van der Waals surface area contributed by atoms with Gasteiger partial charge < -0.3 is 9.53 Å². The molecule has 1 aliphatic heterocycles. The average Bonchev–Trinajstić information content (AvgIpc) is 3.08. The van der Waals surface area contributed by atoms with E-state index in [4.69, 9.17) is 9.53 Å². The number of nitrogens with zero attached hydrogens (tertiary/aromatic N) is 1. The van der Waals surface area contributed by atoms with Crippen molar-refractivity contribution in [1.29, 1.82) is 0 Å². The van der Waals surface area contributed by atoms with Crippen LogP contribution in [-0.4, -0.2) is 31.9 Å². The molecule has 0 bridgehead atoms. The number of benzene rings is 1. The highest BCUT2D eigenvalue weighted by Gasteiger charge is 2.25. The number of hydrogen-bond donors (Lipinski definition) is 0. The molecule has 0 atom stereocenters. The molecule has 3 heteroatoms. The van der Waals surface area contributed by atoms with Crippen molar-refractivity contribution in [2.75, 3.05) is 20.2 Å². The van der Waals surface area contributed by atoms with Gasteiger partial charge in [0.1, 0.15) is 12.5 Å². The van der Waals surface area contributed by atoms with Gasteiger partial charge in [0.05, 0.1) is 7.11 Å². The van der Waals surface area contributed by atoms with Crippen LogP contribution in [-0.2, 0) is 17.8 Å². The summed E-state index contributed by atoms with van der Waals surface area (Å²) in [6.07, 6.45) is 14.1. The molecule has 31 heavy (non-hydrogen) atoms. The van der Waals surface area contributed by atoms with E-state index in [0.29, 0.717) is 0 Å². The van der Waals surface area contributed by atoms with E-state index < -0.39 is 0 Å². The highest BCUT2D eigenvalue weighted by Crippen LogP contribution is 2.44. The van der Waals surface area contributed by atoms with E-state index in [-0.39, 0.29) is 22.3 Å². The summed E-state index contributed by atoms with van der Waals surface area (Å²) < 4.78 is 5.90. The lowest BCUT2D eigenvalue weighted by Gasteiger charge is -2.27. The maximum Gasteiger partial charge on any atom is 0.126 e. The first-order chi connectivity index (χ1) is 13.7. The Hall–Kier alpha value is -2.13. The van der Waals surface area contributed by atoms with Crippen LogP contribution in [0.25, 0.3) is 5.57 Å². The van der Waals surface area contributed by atoms with Crippen molar-refractivity contribution < 1.29 is 9.53 Å². The van der Waals surface area contributed by atoms with Crippen molar-refractivity contribution in [3.05, 3.63) is 58.7 Å². The molecular formula is C28H45NO2. The first-order valence-electron chi connectivity index (χ1n) is 10.5. The predicted octanol–water partition coefficient (Wildman–Crippen LogP) is 7.40. The molecule has 2 aliphatic carbocycles. The SMILES string of the molecule is C.C.C.C=C1CCCC2=C(C1)c1c(cc(CN3CCC=CCC3)cc1OC)CC2.C=O. The molecule has 1 aromatic carbocycles. The molecule has 1 heterocycles. The second-order valence-electron chi connectivity index (χ2n) is 8.02. The normalized spacial score (nSPS) is 17.8. The standard InChI is InChI=1S/C24H31NO.CH2O.3CH4/c1-18-8-7-9-20-10-11-21-15-19(17-25-12-5-3-4-6-13-25)16-23(26-2)24(21)22(20)14-18;1-2;;;/h3-4,15-16H,1,5-14,17H2,2H3;1H2;3*1H4. The van der Waals surface area contributed by atoms with Gasteiger partial charge in [0.25, 0.3) is 0 Å². The zero-order chi connectivity index (χ0) is 19.9. The van der Waals surface area contributed by atoms with Crippen molar-refractivity contribution in [2.45, 2.75) is 80.2 Å². The minimum absolute atomic E-state index is 0. The Balaban J connectivity index is 0.00000175. The molecule has 0 aromatic heterocycles. The van der Waals surface area contributed by atoms with Crippen LogP contribution in [0.3, 0.4) is 0 Å². The first-order valence-corrected chi connectivity index (χ1v) is 10.5. The summed E-state index contributed by atoms with van der Waals surface area (Å²) in [4.78, 5) is 10.6. The van der Waals surface area contributed by atoms with Crippen LogP contribution < -0.4 is 4.74 Å². The number of carbonyl (C=O) groups is 1. The zero-order valence-electron chi connectivity index (χ0n) is 17.3. The Morgan fingerprint density at radius 2 is 1.65 bits per heavy atom. The van der Waals surface area contributed by atoms with E-state index in [2.05, 4.69) is 35.8 Å². The quantitative estimate of drug-likeness (QED) is 0.471. The summed E-state index contributed by atoms with van der Waals surface area (Å²) in [7, 11) is 1.83. The highest BCUT2D eigenvalue weighted by molar-refractivity contribution is 5.79. The van der Waals surface area contributed by atoms with Gasteiger partial charge in [0.2, 0.25) is 0 Å². The molecule has 0 amide bonds. The lowest BCUT2D eigenvalue weighted by Crippen LogP contribution is -2.24. The van der Waals surface area contributed by atoms with Gasteiger partial charge in [-0.05, 0) is 74.1 Å². The minimum Gasteiger partial charge on any atom is -0.496 e. The van der Waals surface area contributed by atoms with E-state index in [1.54, 1.807) is 5.57 Å². The minimum atomic E-state index is 0. The van der Waals surface area contributed by atoms with E-state index >= 15 is 0 Å². The van der Waals surface area contributed by atoms with Crippen molar-refractivity contribution in [3.63, 3.8) is 0 Å². The molecule has 0 spiro atoms. The molecule has 1 aromatic rings. The van der Waals surface area contributed by atoms with E-state index in [9.17, 15) is 0 Å². The topological polar surface area (TPSA) is 29.5 Å². The second-order valence-corrected chi connectivity index (χ2v) is 8.02. The van der Waals surface area contributed by atoms with Gasteiger partial charge in [-0.25, -0.2) is 0 Å². The molecule has 0 N–H and O–H groups in total. The highest BCUT2D eigenvalue weighted by atomic mass is 16.5. The summed E-state index contributed by atoms with van der Waals surface area (Å²) in [5.74, 6) is 1.08. The third kappa shape index (κ3) is 6.93. The van der Waals surface area contributed by atoms with Gasteiger partial charge >= 0.3 is 0 Å². The van der Waals surface area contributed by atoms with Crippen molar-refractivity contribution >= 4 is 12.4 Å². The largest absolute Gasteiger partial charge is 0.496 e. The zero-order valence-corrected chi connectivity index (χ0v) is 17.3. The molecule has 0 radical (unpaired) electrons. The van der Waals surface area contributed by atoms with Gasteiger partial charge in [0, 0.05) is 25.2 Å². The molecule has 4 rings (SSSR count).